The SMILES string of the molecule is CC(C)CN(CC(C)C)c1ccc(-c2ccccc2-c2nnn[nH]2)cc1NC(=O)Nc1ccc(F)cc1F. The van der Waals surface area contributed by atoms with E-state index in [1.165, 1.54) is 6.07 Å². The summed E-state index contributed by atoms with van der Waals surface area (Å²) in [7, 11) is 0. The highest BCUT2D eigenvalue weighted by Gasteiger charge is 2.19. The highest BCUT2D eigenvalue weighted by molar-refractivity contribution is 6.02. The molecular weight excluding hydrogens is 488 g/mol. The molecule has 0 unspecified atom stereocenters. The number of hydrogen-bond acceptors (Lipinski definition) is 5. The van der Waals surface area contributed by atoms with Crippen LogP contribution in [-0.4, -0.2) is 39.7 Å². The first kappa shape index (κ1) is 26.7. The normalized spacial score (nSPS) is 11.2. The van der Waals surface area contributed by atoms with Crippen LogP contribution in [0.4, 0.5) is 30.6 Å². The van der Waals surface area contributed by atoms with Gasteiger partial charge >= 0.3 is 6.03 Å². The van der Waals surface area contributed by atoms with E-state index in [0.29, 0.717) is 23.3 Å². The van der Waals surface area contributed by atoms with Crippen LogP contribution in [0.3, 0.4) is 0 Å². The van der Waals surface area contributed by atoms with Crippen molar-refractivity contribution in [3.63, 3.8) is 0 Å². The van der Waals surface area contributed by atoms with Gasteiger partial charge in [0.1, 0.15) is 11.6 Å². The maximum atomic E-state index is 14.2. The van der Waals surface area contributed by atoms with Gasteiger partial charge in [0.15, 0.2) is 5.82 Å². The lowest BCUT2D eigenvalue weighted by atomic mass is 9.97. The number of tetrazole rings is 1. The number of hydrogen-bond donors (Lipinski definition) is 3. The smallest absolute Gasteiger partial charge is 0.323 e. The molecular formula is C28H31F2N7O. The van der Waals surface area contributed by atoms with Crippen molar-refractivity contribution in [3.05, 3.63) is 72.3 Å². The monoisotopic (exact) mass is 519 g/mol. The van der Waals surface area contributed by atoms with Gasteiger partial charge in [-0.2, -0.15) is 0 Å². The number of rotatable bonds is 9. The summed E-state index contributed by atoms with van der Waals surface area (Å²) in [5.41, 5.74) is 3.77. The molecule has 38 heavy (non-hydrogen) atoms. The Balaban J connectivity index is 1.75. The summed E-state index contributed by atoms with van der Waals surface area (Å²) in [6.45, 7) is 10.1. The molecule has 0 saturated carbocycles. The average molecular weight is 520 g/mol. The van der Waals surface area contributed by atoms with Gasteiger partial charge < -0.3 is 15.5 Å². The van der Waals surface area contributed by atoms with Gasteiger partial charge in [-0.3, -0.25) is 0 Å². The zero-order valence-corrected chi connectivity index (χ0v) is 21.8. The number of nitrogens with one attached hydrogen (secondary N) is 3. The van der Waals surface area contributed by atoms with Crippen molar-refractivity contribution in [2.24, 2.45) is 11.8 Å². The predicted octanol–water partition coefficient (Wildman–Crippen LogP) is 6.57. The maximum Gasteiger partial charge on any atom is 0.323 e. The highest BCUT2D eigenvalue weighted by Crippen LogP contribution is 2.36. The number of aromatic amines is 1. The van der Waals surface area contributed by atoms with Crippen molar-refractivity contribution < 1.29 is 13.6 Å². The maximum absolute atomic E-state index is 14.2. The third kappa shape index (κ3) is 6.50. The van der Waals surface area contributed by atoms with Crippen molar-refractivity contribution in [2.45, 2.75) is 27.7 Å². The van der Waals surface area contributed by atoms with Crippen molar-refractivity contribution in [1.29, 1.82) is 0 Å². The van der Waals surface area contributed by atoms with E-state index >= 15 is 0 Å². The standard InChI is InChI=1S/C28H31F2N7O/c1-17(2)15-37(16-18(3)4)26-12-9-19(21-7-5-6-8-22(21)27-33-35-36-34-27)13-25(26)32-28(38)31-24-11-10-20(29)14-23(24)30/h5-14,17-18H,15-16H2,1-4H3,(H2,31,32,38)(H,33,34,35,36). The number of carbonyl (C=O) groups is 1. The van der Waals surface area contributed by atoms with Crippen LogP contribution in [0.25, 0.3) is 22.5 Å². The quantitative estimate of drug-likeness (QED) is 0.232. The number of anilines is 3. The molecule has 1 heterocycles. The zero-order chi connectivity index (χ0) is 27.2. The minimum absolute atomic E-state index is 0.119. The first-order chi connectivity index (χ1) is 18.2. The fraction of sp³-hybridized carbons (Fsp3) is 0.286. The minimum Gasteiger partial charge on any atom is -0.369 e. The summed E-state index contributed by atoms with van der Waals surface area (Å²) in [4.78, 5) is 15.2. The molecule has 1 aromatic heterocycles. The summed E-state index contributed by atoms with van der Waals surface area (Å²) in [5.74, 6) is -0.303. The number of aromatic nitrogens is 4. The Kier molecular flexibility index (Phi) is 8.30. The fourth-order valence-electron chi connectivity index (χ4n) is 4.31. The third-order valence-electron chi connectivity index (χ3n) is 5.77. The number of benzene rings is 3. The second kappa shape index (κ2) is 11.8. The Bertz CT molecular complexity index is 1380. The Morgan fingerprint density at radius 3 is 2.21 bits per heavy atom. The highest BCUT2D eigenvalue weighted by atomic mass is 19.1. The van der Waals surface area contributed by atoms with E-state index in [-0.39, 0.29) is 5.69 Å². The summed E-state index contributed by atoms with van der Waals surface area (Å²) in [6.07, 6.45) is 0. The second-order valence-corrected chi connectivity index (χ2v) is 9.92. The Morgan fingerprint density at radius 1 is 0.895 bits per heavy atom. The predicted molar refractivity (Wildman–Crippen MR) is 146 cm³/mol. The van der Waals surface area contributed by atoms with Crippen LogP contribution >= 0.6 is 0 Å². The molecule has 4 aromatic rings. The zero-order valence-electron chi connectivity index (χ0n) is 21.8. The first-order valence-electron chi connectivity index (χ1n) is 12.5. The molecule has 0 aliphatic carbocycles. The molecule has 0 saturated heterocycles. The number of amides is 2. The number of H-pyrrole nitrogens is 1. The van der Waals surface area contributed by atoms with Gasteiger partial charge in [-0.05, 0) is 57.7 Å². The second-order valence-electron chi connectivity index (χ2n) is 9.92. The van der Waals surface area contributed by atoms with Crippen LogP contribution < -0.4 is 15.5 Å². The average Bonchev–Trinajstić information content (AvgIpc) is 3.40. The largest absolute Gasteiger partial charge is 0.369 e. The van der Waals surface area contributed by atoms with Crippen molar-refractivity contribution in [3.8, 4) is 22.5 Å². The summed E-state index contributed by atoms with van der Waals surface area (Å²) >= 11 is 0. The molecule has 0 radical (unpaired) electrons. The molecule has 0 aliphatic rings. The van der Waals surface area contributed by atoms with E-state index in [1.807, 2.05) is 42.5 Å². The minimum atomic E-state index is -0.857. The van der Waals surface area contributed by atoms with Crippen LogP contribution in [-0.2, 0) is 0 Å². The summed E-state index contributed by atoms with van der Waals surface area (Å²) in [5, 5.41) is 19.6. The van der Waals surface area contributed by atoms with E-state index in [9.17, 15) is 13.6 Å². The molecule has 4 rings (SSSR count). The molecule has 0 aliphatic heterocycles. The van der Waals surface area contributed by atoms with Crippen LogP contribution in [0, 0.1) is 23.5 Å². The van der Waals surface area contributed by atoms with E-state index in [1.54, 1.807) is 0 Å². The molecule has 2 amide bonds. The first-order valence-corrected chi connectivity index (χ1v) is 12.5. The van der Waals surface area contributed by atoms with Crippen molar-refractivity contribution in [2.75, 3.05) is 28.6 Å². The van der Waals surface area contributed by atoms with Crippen LogP contribution in [0.15, 0.2) is 60.7 Å². The molecule has 3 N–H and O–H groups in total. The molecule has 8 nitrogen and oxygen atoms in total. The van der Waals surface area contributed by atoms with Gasteiger partial charge in [-0.25, -0.2) is 18.7 Å². The van der Waals surface area contributed by atoms with Gasteiger partial charge in [0.25, 0.3) is 0 Å². The molecule has 0 bridgehead atoms. The van der Waals surface area contributed by atoms with E-state index in [0.717, 1.165) is 47.6 Å². The van der Waals surface area contributed by atoms with Crippen molar-refractivity contribution in [1.82, 2.24) is 20.6 Å². The van der Waals surface area contributed by atoms with Gasteiger partial charge in [0.2, 0.25) is 0 Å². The molecule has 0 atom stereocenters. The third-order valence-corrected chi connectivity index (χ3v) is 5.77. The van der Waals surface area contributed by atoms with Gasteiger partial charge in [-0.1, -0.05) is 58.0 Å². The molecule has 198 valence electrons. The number of nitrogens with zero attached hydrogens (tertiary/aromatic N) is 4. The lowest BCUT2D eigenvalue weighted by Crippen LogP contribution is -2.32. The van der Waals surface area contributed by atoms with E-state index in [2.05, 4.69) is 63.9 Å². The lowest BCUT2D eigenvalue weighted by molar-refractivity contribution is 0.262. The van der Waals surface area contributed by atoms with E-state index in [4.69, 9.17) is 0 Å². The van der Waals surface area contributed by atoms with E-state index < -0.39 is 17.7 Å². The van der Waals surface area contributed by atoms with Crippen molar-refractivity contribution >= 4 is 23.1 Å². The summed E-state index contributed by atoms with van der Waals surface area (Å²) < 4.78 is 27.5. The number of halogens is 2. The van der Waals surface area contributed by atoms with Gasteiger partial charge in [0.05, 0.1) is 17.1 Å². The molecule has 3 aromatic carbocycles. The number of carbonyl (C=O) groups excluding carboxylic acids is 1. The summed E-state index contributed by atoms with van der Waals surface area (Å²) in [6, 6.07) is 15.9. The lowest BCUT2D eigenvalue weighted by Gasteiger charge is -2.31. The van der Waals surface area contributed by atoms with Gasteiger partial charge in [-0.15, -0.1) is 5.10 Å². The molecule has 0 fully saturated rings. The van der Waals surface area contributed by atoms with Crippen LogP contribution in [0.1, 0.15) is 27.7 Å². The van der Waals surface area contributed by atoms with Crippen LogP contribution in [0.2, 0.25) is 0 Å². The Morgan fingerprint density at radius 2 is 1.58 bits per heavy atom. The number of urea groups is 1. The Hall–Kier alpha value is -4.34. The molecule has 10 heteroatoms. The molecule has 0 spiro atoms. The Labute approximate surface area is 220 Å². The fourth-order valence-corrected chi connectivity index (χ4v) is 4.31. The van der Waals surface area contributed by atoms with Gasteiger partial charge in [0, 0.05) is 24.7 Å². The topological polar surface area (TPSA) is 98.8 Å². The van der Waals surface area contributed by atoms with Crippen LogP contribution in [0.5, 0.6) is 0 Å².